The van der Waals surface area contributed by atoms with Crippen molar-refractivity contribution in [1.82, 2.24) is 9.21 Å². The van der Waals surface area contributed by atoms with Crippen LogP contribution in [0.5, 0.6) is 0 Å². The van der Waals surface area contributed by atoms with Gasteiger partial charge in [0, 0.05) is 18.8 Å². The van der Waals surface area contributed by atoms with Gasteiger partial charge < -0.3 is 16.1 Å². The van der Waals surface area contributed by atoms with Crippen LogP contribution in [-0.2, 0) is 26.0 Å². The number of carbonyl (C=O) groups excluding carboxylic acids is 2. The highest BCUT2D eigenvalue weighted by Gasteiger charge is 2.50. The van der Waals surface area contributed by atoms with Crippen molar-refractivity contribution in [3.05, 3.63) is 65.7 Å². The number of likely N-dealkylation sites (tertiary alicyclic amines) is 1. The first-order chi connectivity index (χ1) is 18.2. The molecule has 1 saturated carbocycles. The molecule has 0 spiro atoms. The molecular weight excluding hydrogens is 502 g/mol. The fraction of sp³-hybridized carbons (Fsp3) is 0.464. The molecule has 2 aliphatic rings. The highest BCUT2D eigenvalue weighted by atomic mass is 32.2. The summed E-state index contributed by atoms with van der Waals surface area (Å²) in [4.78, 5) is 29.6. The van der Waals surface area contributed by atoms with Crippen molar-refractivity contribution >= 4 is 33.7 Å². The summed E-state index contributed by atoms with van der Waals surface area (Å²) in [5.41, 5.74) is 2.28. The summed E-state index contributed by atoms with van der Waals surface area (Å²) in [6, 6.07) is 14.9. The number of hydrogen-bond donors (Lipinski definition) is 2. The molecule has 9 nitrogen and oxygen atoms in total. The summed E-state index contributed by atoms with van der Waals surface area (Å²) >= 11 is 0. The largest absolute Gasteiger partial charge is 0.326 e. The van der Waals surface area contributed by atoms with E-state index >= 15 is 0 Å². The van der Waals surface area contributed by atoms with Crippen LogP contribution in [0, 0.1) is 5.92 Å². The number of hydrazone groups is 1. The second-order valence-corrected chi connectivity index (χ2v) is 12.4. The quantitative estimate of drug-likeness (QED) is 0.288. The highest BCUT2D eigenvalue weighted by Crippen LogP contribution is 2.41. The van der Waals surface area contributed by atoms with Crippen LogP contribution in [0.1, 0.15) is 50.2 Å². The van der Waals surface area contributed by atoms with Crippen molar-refractivity contribution in [3.8, 4) is 0 Å². The number of likely N-dealkylation sites (N-methyl/N-ethyl adjacent to an activating group) is 1. The van der Waals surface area contributed by atoms with Crippen molar-refractivity contribution in [1.29, 1.82) is 0 Å². The first-order valence-electron chi connectivity index (χ1n) is 13.2. The van der Waals surface area contributed by atoms with Gasteiger partial charge in [0.1, 0.15) is 12.1 Å². The normalized spacial score (nSPS) is 22.4. The maximum absolute atomic E-state index is 14.3. The monoisotopic (exact) mass is 539 g/mol. The highest BCUT2D eigenvalue weighted by molar-refractivity contribution is 7.89. The van der Waals surface area contributed by atoms with Crippen molar-refractivity contribution in [2.75, 3.05) is 18.1 Å². The lowest BCUT2D eigenvalue weighted by Gasteiger charge is -2.38. The lowest BCUT2D eigenvalue weighted by Crippen LogP contribution is -2.56. The Balaban J connectivity index is 1.64. The standard InChI is InChI=1S/C28H37N5O4S/c1-3-38(36,37)32(2)26(17-20-9-5-4-6-10-20)28(35)33-24-12-8-7-11-22(24)18-25(33)27(34)31-23-15-13-21(14-16-23)19-30-29/h4-6,9-10,13-16,19,22,24-26H,3,7-8,11-12,17-18,29H2,1-2H3,(H,31,34)/t22?,24?,25?,26-/m1/s1. The second-order valence-electron chi connectivity index (χ2n) is 10.1. The Kier molecular flexibility index (Phi) is 8.83. The van der Waals surface area contributed by atoms with E-state index in [0.717, 1.165) is 36.8 Å². The van der Waals surface area contributed by atoms with Crippen LogP contribution in [0.4, 0.5) is 5.69 Å². The van der Waals surface area contributed by atoms with E-state index in [0.29, 0.717) is 12.1 Å². The van der Waals surface area contributed by atoms with Gasteiger partial charge in [0.15, 0.2) is 0 Å². The molecule has 0 radical (unpaired) electrons. The molecule has 1 heterocycles. The van der Waals surface area contributed by atoms with E-state index in [9.17, 15) is 18.0 Å². The second kappa shape index (κ2) is 12.1. The number of amides is 2. The molecule has 0 aromatic heterocycles. The molecule has 2 aromatic carbocycles. The van der Waals surface area contributed by atoms with Crippen molar-refractivity contribution in [2.45, 2.75) is 63.6 Å². The van der Waals surface area contributed by atoms with E-state index in [1.54, 1.807) is 36.1 Å². The van der Waals surface area contributed by atoms with Gasteiger partial charge in [-0.1, -0.05) is 55.3 Å². The third-order valence-electron chi connectivity index (χ3n) is 7.85. The average molecular weight is 540 g/mol. The Labute approximate surface area is 225 Å². The molecule has 2 fully saturated rings. The number of nitrogens with one attached hydrogen (secondary N) is 1. The molecule has 2 aromatic rings. The van der Waals surface area contributed by atoms with Gasteiger partial charge in [-0.2, -0.15) is 9.41 Å². The predicted octanol–water partition coefficient (Wildman–Crippen LogP) is 2.97. The molecule has 3 N–H and O–H groups in total. The summed E-state index contributed by atoms with van der Waals surface area (Å²) in [6.45, 7) is 1.57. The first kappa shape index (κ1) is 27.8. The number of hydrogen-bond acceptors (Lipinski definition) is 6. The summed E-state index contributed by atoms with van der Waals surface area (Å²) in [5.74, 6) is 4.76. The van der Waals surface area contributed by atoms with Crippen LogP contribution < -0.4 is 11.2 Å². The maximum Gasteiger partial charge on any atom is 0.247 e. The van der Waals surface area contributed by atoms with E-state index in [2.05, 4.69) is 10.4 Å². The van der Waals surface area contributed by atoms with Gasteiger partial charge in [0.2, 0.25) is 21.8 Å². The van der Waals surface area contributed by atoms with Gasteiger partial charge in [-0.25, -0.2) is 8.42 Å². The van der Waals surface area contributed by atoms with Crippen LogP contribution in [0.15, 0.2) is 59.7 Å². The van der Waals surface area contributed by atoms with Gasteiger partial charge in [0.05, 0.1) is 12.0 Å². The first-order valence-corrected chi connectivity index (χ1v) is 14.8. The Morgan fingerprint density at radius 1 is 1.13 bits per heavy atom. The zero-order valence-corrected chi connectivity index (χ0v) is 22.8. The molecule has 1 aliphatic heterocycles. The van der Waals surface area contributed by atoms with Crippen molar-refractivity contribution < 1.29 is 18.0 Å². The number of anilines is 1. The van der Waals surface area contributed by atoms with E-state index in [4.69, 9.17) is 5.84 Å². The minimum Gasteiger partial charge on any atom is -0.326 e. The fourth-order valence-electron chi connectivity index (χ4n) is 5.75. The Morgan fingerprint density at radius 3 is 2.47 bits per heavy atom. The van der Waals surface area contributed by atoms with E-state index in [1.165, 1.54) is 17.6 Å². The molecule has 2 amide bonds. The minimum absolute atomic E-state index is 0.0776. The SMILES string of the molecule is CCS(=O)(=O)N(C)[C@H](Cc1ccccc1)C(=O)N1C(C(=O)Nc2ccc(C=NN)cc2)CC2CCCCC21. The zero-order valence-electron chi connectivity index (χ0n) is 22.0. The Hall–Kier alpha value is -3.24. The smallest absolute Gasteiger partial charge is 0.247 e. The lowest BCUT2D eigenvalue weighted by atomic mass is 9.84. The van der Waals surface area contributed by atoms with Crippen LogP contribution in [-0.4, -0.2) is 66.6 Å². The number of fused-ring (bicyclic) bond motifs is 1. The topological polar surface area (TPSA) is 125 Å². The fourth-order valence-corrected chi connectivity index (χ4v) is 6.71. The number of nitrogens with zero attached hydrogens (tertiary/aromatic N) is 3. The van der Waals surface area contributed by atoms with Gasteiger partial charge in [-0.3, -0.25) is 9.59 Å². The summed E-state index contributed by atoms with van der Waals surface area (Å²) in [7, 11) is -2.18. The molecule has 38 heavy (non-hydrogen) atoms. The van der Waals surface area contributed by atoms with Crippen LogP contribution >= 0.6 is 0 Å². The van der Waals surface area contributed by atoms with Crippen LogP contribution in [0.25, 0.3) is 0 Å². The Morgan fingerprint density at radius 2 is 1.82 bits per heavy atom. The van der Waals surface area contributed by atoms with Crippen LogP contribution in [0.3, 0.4) is 0 Å². The molecule has 4 atom stereocenters. The van der Waals surface area contributed by atoms with Crippen molar-refractivity contribution in [2.24, 2.45) is 16.9 Å². The third kappa shape index (κ3) is 6.07. The molecule has 1 aliphatic carbocycles. The van der Waals surface area contributed by atoms with Gasteiger partial charge in [0.25, 0.3) is 0 Å². The van der Waals surface area contributed by atoms with Gasteiger partial charge in [-0.05, 0) is 61.8 Å². The van der Waals surface area contributed by atoms with E-state index in [-0.39, 0.29) is 35.9 Å². The number of benzene rings is 2. The maximum atomic E-state index is 14.3. The van der Waals surface area contributed by atoms with E-state index in [1.807, 2.05) is 30.3 Å². The molecular formula is C28H37N5O4S. The molecule has 10 heteroatoms. The van der Waals surface area contributed by atoms with Crippen molar-refractivity contribution in [3.63, 3.8) is 0 Å². The average Bonchev–Trinajstić information content (AvgIpc) is 3.32. The minimum atomic E-state index is -3.65. The molecule has 0 bridgehead atoms. The molecule has 1 saturated heterocycles. The lowest BCUT2D eigenvalue weighted by molar-refractivity contribution is -0.142. The molecule has 204 valence electrons. The summed E-state index contributed by atoms with van der Waals surface area (Å²) < 4.78 is 27.0. The zero-order chi connectivity index (χ0) is 27.3. The van der Waals surface area contributed by atoms with Crippen LogP contribution in [0.2, 0.25) is 0 Å². The third-order valence-corrected chi connectivity index (χ3v) is 9.71. The number of carbonyl (C=O) groups is 2. The number of rotatable bonds is 9. The van der Waals surface area contributed by atoms with Gasteiger partial charge >= 0.3 is 0 Å². The number of sulfonamides is 1. The number of nitrogens with two attached hydrogens (primary N) is 1. The summed E-state index contributed by atoms with van der Waals surface area (Å²) in [6.07, 6.45) is 6.15. The van der Waals surface area contributed by atoms with Gasteiger partial charge in [-0.15, -0.1) is 0 Å². The molecule has 3 unspecified atom stereocenters. The van der Waals surface area contributed by atoms with E-state index < -0.39 is 22.1 Å². The predicted molar refractivity (Wildman–Crippen MR) is 149 cm³/mol. The summed E-state index contributed by atoms with van der Waals surface area (Å²) in [5, 5.41) is 6.48. The Bertz CT molecular complexity index is 1250. The molecule has 4 rings (SSSR count).